The van der Waals surface area contributed by atoms with Crippen molar-refractivity contribution in [3.8, 4) is 0 Å². The second-order valence-corrected chi connectivity index (χ2v) is 3.84. The Bertz CT molecular complexity index is 541. The highest BCUT2D eigenvalue weighted by molar-refractivity contribution is 6.04. The van der Waals surface area contributed by atoms with Crippen molar-refractivity contribution in [3.05, 3.63) is 47.0 Å². The number of carbonyl (C=O) groups is 1. The van der Waals surface area contributed by atoms with Gasteiger partial charge in [0.05, 0.1) is 5.56 Å². The number of carboxylic acid groups (broad SMARTS) is 1. The van der Waals surface area contributed by atoms with E-state index in [0.717, 1.165) is 21.9 Å². The smallest absolute Gasteiger partial charge is 0.336 e. The molecule has 0 saturated heterocycles. The molecule has 76 valence electrons. The van der Waals surface area contributed by atoms with Crippen LogP contribution >= 0.6 is 0 Å². The van der Waals surface area contributed by atoms with E-state index < -0.39 is 5.97 Å². The molecule has 0 aliphatic carbocycles. The van der Waals surface area contributed by atoms with Crippen molar-refractivity contribution in [1.29, 1.82) is 0 Å². The molecular formula is C13H12O2. The van der Waals surface area contributed by atoms with E-state index in [0.29, 0.717) is 5.56 Å². The van der Waals surface area contributed by atoms with Crippen LogP contribution in [0.1, 0.15) is 21.5 Å². The van der Waals surface area contributed by atoms with Gasteiger partial charge in [-0.2, -0.15) is 0 Å². The van der Waals surface area contributed by atoms with Crippen molar-refractivity contribution >= 4 is 16.7 Å². The number of hydrogen-bond acceptors (Lipinski definition) is 1. The van der Waals surface area contributed by atoms with Crippen LogP contribution in [0.2, 0.25) is 0 Å². The van der Waals surface area contributed by atoms with E-state index in [1.165, 1.54) is 0 Å². The average Bonchev–Trinajstić information content (AvgIpc) is 2.17. The Kier molecular flexibility index (Phi) is 2.19. The summed E-state index contributed by atoms with van der Waals surface area (Å²) >= 11 is 0. The Balaban J connectivity index is 2.87. The molecule has 15 heavy (non-hydrogen) atoms. The van der Waals surface area contributed by atoms with Crippen LogP contribution in [0.25, 0.3) is 10.8 Å². The van der Waals surface area contributed by atoms with Gasteiger partial charge in [0.25, 0.3) is 0 Å². The lowest BCUT2D eigenvalue weighted by Crippen LogP contribution is -1.98. The molecule has 1 N–H and O–H groups in total. The average molecular weight is 200 g/mol. The lowest BCUT2D eigenvalue weighted by atomic mass is 10.00. The van der Waals surface area contributed by atoms with Gasteiger partial charge in [0, 0.05) is 0 Å². The second kappa shape index (κ2) is 3.39. The largest absolute Gasteiger partial charge is 0.478 e. The standard InChI is InChI=1S/C13H12O2/c1-8-3-4-10-5-9(2)7-12(13(14)15)11(10)6-8/h3-7H,1-2H3,(H,14,15). The Hall–Kier alpha value is -1.83. The molecule has 0 amide bonds. The molecule has 0 aliphatic heterocycles. The van der Waals surface area contributed by atoms with Gasteiger partial charge in [-0.25, -0.2) is 4.79 Å². The van der Waals surface area contributed by atoms with Crippen molar-refractivity contribution in [3.63, 3.8) is 0 Å². The third kappa shape index (κ3) is 1.71. The number of aryl methyl sites for hydroxylation is 2. The van der Waals surface area contributed by atoms with E-state index in [4.69, 9.17) is 5.11 Å². The molecule has 0 saturated carbocycles. The summed E-state index contributed by atoms with van der Waals surface area (Å²) in [5.41, 5.74) is 2.44. The van der Waals surface area contributed by atoms with Gasteiger partial charge in [0.2, 0.25) is 0 Å². The predicted molar refractivity (Wildman–Crippen MR) is 60.4 cm³/mol. The highest BCUT2D eigenvalue weighted by Crippen LogP contribution is 2.22. The second-order valence-electron chi connectivity index (χ2n) is 3.84. The van der Waals surface area contributed by atoms with Gasteiger partial charge in [-0.15, -0.1) is 0 Å². The number of carboxylic acids is 1. The summed E-state index contributed by atoms with van der Waals surface area (Å²) in [4.78, 5) is 11.1. The van der Waals surface area contributed by atoms with Crippen LogP contribution in [0.5, 0.6) is 0 Å². The lowest BCUT2D eigenvalue weighted by molar-refractivity contribution is 0.0699. The Morgan fingerprint density at radius 2 is 1.80 bits per heavy atom. The molecule has 0 atom stereocenters. The molecule has 2 heteroatoms. The van der Waals surface area contributed by atoms with Crippen molar-refractivity contribution in [2.75, 3.05) is 0 Å². The molecule has 0 bridgehead atoms. The molecule has 2 aromatic carbocycles. The van der Waals surface area contributed by atoms with Crippen LogP contribution in [0.15, 0.2) is 30.3 Å². The summed E-state index contributed by atoms with van der Waals surface area (Å²) in [6.07, 6.45) is 0. The summed E-state index contributed by atoms with van der Waals surface area (Å²) in [5.74, 6) is -0.866. The highest BCUT2D eigenvalue weighted by atomic mass is 16.4. The Morgan fingerprint density at radius 3 is 2.47 bits per heavy atom. The quantitative estimate of drug-likeness (QED) is 0.767. The van der Waals surface area contributed by atoms with Crippen LogP contribution in [-0.2, 0) is 0 Å². The van der Waals surface area contributed by atoms with Gasteiger partial charge in [-0.1, -0.05) is 29.8 Å². The Labute approximate surface area is 88.2 Å². The van der Waals surface area contributed by atoms with Crippen LogP contribution in [0, 0.1) is 13.8 Å². The van der Waals surface area contributed by atoms with Crippen LogP contribution in [-0.4, -0.2) is 11.1 Å². The minimum absolute atomic E-state index is 0.383. The van der Waals surface area contributed by atoms with E-state index >= 15 is 0 Å². The predicted octanol–water partition coefficient (Wildman–Crippen LogP) is 3.15. The number of hydrogen-bond donors (Lipinski definition) is 1. The zero-order valence-corrected chi connectivity index (χ0v) is 8.74. The summed E-state index contributed by atoms with van der Waals surface area (Å²) in [7, 11) is 0. The normalized spacial score (nSPS) is 10.5. The van der Waals surface area contributed by atoms with Gasteiger partial charge in [0.1, 0.15) is 0 Å². The van der Waals surface area contributed by atoms with Crippen molar-refractivity contribution < 1.29 is 9.90 Å². The van der Waals surface area contributed by atoms with Gasteiger partial charge in [-0.3, -0.25) is 0 Å². The monoisotopic (exact) mass is 200 g/mol. The van der Waals surface area contributed by atoms with Gasteiger partial charge in [-0.05, 0) is 36.2 Å². The first kappa shape index (κ1) is 9.71. The fourth-order valence-electron chi connectivity index (χ4n) is 1.80. The van der Waals surface area contributed by atoms with Gasteiger partial charge in [0.15, 0.2) is 0 Å². The molecule has 0 aromatic heterocycles. The third-order valence-electron chi connectivity index (χ3n) is 2.48. The van der Waals surface area contributed by atoms with E-state index in [1.807, 2.05) is 38.1 Å². The van der Waals surface area contributed by atoms with E-state index in [9.17, 15) is 4.79 Å². The number of rotatable bonds is 1. The zero-order valence-electron chi connectivity index (χ0n) is 8.74. The van der Waals surface area contributed by atoms with Crippen molar-refractivity contribution in [1.82, 2.24) is 0 Å². The number of aromatic carboxylic acids is 1. The van der Waals surface area contributed by atoms with E-state index in [1.54, 1.807) is 6.07 Å². The Morgan fingerprint density at radius 1 is 1.07 bits per heavy atom. The van der Waals surface area contributed by atoms with Crippen LogP contribution < -0.4 is 0 Å². The molecule has 2 rings (SSSR count). The van der Waals surface area contributed by atoms with Gasteiger partial charge >= 0.3 is 5.97 Å². The van der Waals surface area contributed by atoms with Crippen molar-refractivity contribution in [2.45, 2.75) is 13.8 Å². The minimum atomic E-state index is -0.866. The molecule has 0 heterocycles. The molecule has 0 fully saturated rings. The highest BCUT2D eigenvalue weighted by Gasteiger charge is 2.08. The maximum atomic E-state index is 11.1. The first-order valence-corrected chi connectivity index (χ1v) is 4.82. The topological polar surface area (TPSA) is 37.3 Å². The van der Waals surface area contributed by atoms with Crippen LogP contribution in [0.3, 0.4) is 0 Å². The first-order valence-electron chi connectivity index (χ1n) is 4.82. The summed E-state index contributed by atoms with van der Waals surface area (Å²) in [6.45, 7) is 3.87. The van der Waals surface area contributed by atoms with E-state index in [-0.39, 0.29) is 0 Å². The fraction of sp³-hybridized carbons (Fsp3) is 0.154. The third-order valence-corrected chi connectivity index (χ3v) is 2.48. The fourth-order valence-corrected chi connectivity index (χ4v) is 1.80. The molecule has 0 aliphatic rings. The number of benzene rings is 2. The maximum absolute atomic E-state index is 11.1. The summed E-state index contributed by atoms with van der Waals surface area (Å²) in [6, 6.07) is 9.58. The molecule has 2 aromatic rings. The molecule has 0 radical (unpaired) electrons. The zero-order chi connectivity index (χ0) is 11.0. The molecule has 0 spiro atoms. The summed E-state index contributed by atoms with van der Waals surface area (Å²) < 4.78 is 0. The molecule has 2 nitrogen and oxygen atoms in total. The minimum Gasteiger partial charge on any atom is -0.478 e. The van der Waals surface area contributed by atoms with Gasteiger partial charge < -0.3 is 5.11 Å². The molecule has 0 unspecified atom stereocenters. The SMILES string of the molecule is Cc1cc(C(=O)O)c2cc(C)ccc2c1. The molecular weight excluding hydrogens is 188 g/mol. The van der Waals surface area contributed by atoms with Crippen LogP contribution in [0.4, 0.5) is 0 Å². The van der Waals surface area contributed by atoms with Crippen molar-refractivity contribution in [2.24, 2.45) is 0 Å². The van der Waals surface area contributed by atoms with E-state index in [2.05, 4.69) is 0 Å². The summed E-state index contributed by atoms with van der Waals surface area (Å²) in [5, 5.41) is 10.9. The maximum Gasteiger partial charge on any atom is 0.336 e. The number of fused-ring (bicyclic) bond motifs is 1. The first-order chi connectivity index (χ1) is 7.08. The lowest BCUT2D eigenvalue weighted by Gasteiger charge is -2.05.